The molecule has 0 aromatic heterocycles. The zero-order chi connectivity index (χ0) is 58.2. The molecule has 0 atom stereocenters. The van der Waals surface area contributed by atoms with Crippen molar-refractivity contribution in [3.8, 4) is 0 Å². The summed E-state index contributed by atoms with van der Waals surface area (Å²) < 4.78 is 341. The predicted molar refractivity (Wildman–Crippen MR) is 200 cm³/mol. The maximum Gasteiger partial charge on any atom is 1.00 e. The van der Waals surface area contributed by atoms with Gasteiger partial charge in [-0.1, -0.05) is 48.5 Å². The van der Waals surface area contributed by atoms with Gasteiger partial charge < -0.3 is 60.3 Å². The smallest absolute Gasteiger partial charge is 0.402 e. The van der Waals surface area contributed by atoms with Crippen LogP contribution in [0.3, 0.4) is 0 Å². The molecule has 0 saturated carbocycles. The Morgan fingerprint density at radius 2 is 0.297 bits per heavy atom. The number of rotatable bonds is 4. The van der Waals surface area contributed by atoms with E-state index in [0.717, 1.165) is 0 Å². The first kappa shape index (κ1) is 72.1. The van der Waals surface area contributed by atoms with Crippen LogP contribution in [0.25, 0.3) is 0 Å². The second-order valence-corrected chi connectivity index (χ2v) is 13.6. The van der Waals surface area contributed by atoms with Gasteiger partial charge in [0.25, 0.3) is 0 Å². The number of benzene rings is 4. The Morgan fingerprint density at radius 1 is 0.216 bits per heavy atom. The fourth-order valence-electron chi connectivity index (χ4n) is 6.07. The van der Waals surface area contributed by atoms with Crippen LogP contribution in [0.15, 0.2) is 72.8 Å². The van der Waals surface area contributed by atoms with Crippen LogP contribution >= 0.6 is 0 Å². The number of alkyl halides is 24. The quantitative estimate of drug-likeness (QED) is 0.0957. The van der Waals surface area contributed by atoms with E-state index in [1.165, 1.54) is 0 Å². The molecule has 0 unspecified atom stereocenters. The van der Waals surface area contributed by atoms with Gasteiger partial charge in [-0.05, 0) is 24.3 Å². The van der Waals surface area contributed by atoms with Crippen LogP contribution in [0.1, 0.15) is 44.5 Å². The minimum absolute atomic E-state index is 0. The molecule has 0 spiro atoms. The Morgan fingerprint density at radius 3 is 0.365 bits per heavy atom. The summed E-state index contributed by atoms with van der Waals surface area (Å²) in [6.45, 7) is 0. The van der Waals surface area contributed by atoms with Crippen LogP contribution in [0.5, 0.6) is 0 Å². The van der Waals surface area contributed by atoms with Crippen molar-refractivity contribution in [3.05, 3.63) is 117 Å². The standard InChI is InChI=1S/C32H12BF24.4BH3O3.Na/c34-25(35,36)13-1-14(26(37,38)39)6-21(5-13)33(22-7-15(27(40,41)42)2-16(8-22)28(43,44)45,23-9-17(29(46,47)48)3-18(10-23)30(49,50)51)24-11-19(31(52,53)54)4-20(12-24)32(55,56)57;4*2-1(3)4;/h1-12H;4*2-4H;/q-1;;;;;+1. The second kappa shape index (κ2) is 26.4. The van der Waals surface area contributed by atoms with Crippen LogP contribution in [0.2, 0.25) is 0 Å². The van der Waals surface area contributed by atoms with E-state index in [9.17, 15) is 105 Å². The van der Waals surface area contributed by atoms with Crippen LogP contribution in [-0.4, -0.2) is 95.7 Å². The zero-order valence-electron chi connectivity index (χ0n) is 35.3. The summed E-state index contributed by atoms with van der Waals surface area (Å²) in [5.41, 5.74) is -30.2. The molecule has 74 heavy (non-hydrogen) atoms. The molecule has 0 aliphatic carbocycles. The van der Waals surface area contributed by atoms with Crippen molar-refractivity contribution in [2.24, 2.45) is 0 Å². The molecular formula is C32H24B5F24NaO12. The van der Waals surface area contributed by atoms with Crippen molar-refractivity contribution in [1.82, 2.24) is 0 Å². The third-order valence-electron chi connectivity index (χ3n) is 8.44. The SMILES string of the molecule is FC(F)(F)c1cc([B-](c2cc(C(F)(F)F)cc(C(F)(F)F)c2)(c2cc(C(F)(F)F)cc(C(F)(F)F)c2)c2cc(C(F)(F)F)cc(C(F)(F)F)c2)cc(C(F)(F)F)c1.OB(O)O.OB(O)O.OB(O)O.OB(O)O.[Na+]. The first-order valence-electron chi connectivity index (χ1n) is 17.7. The van der Waals surface area contributed by atoms with Crippen LogP contribution < -0.4 is 51.4 Å². The summed E-state index contributed by atoms with van der Waals surface area (Å²) in [5, 5.41) is 86.0. The molecule has 4 rings (SSSR count). The van der Waals surface area contributed by atoms with E-state index in [2.05, 4.69) is 0 Å². The normalized spacial score (nSPS) is 12.5. The molecule has 0 aliphatic rings. The molecule has 42 heteroatoms. The maximum absolute atomic E-state index is 14.2. The topological polar surface area (TPSA) is 243 Å². The molecule has 0 aliphatic heterocycles. The molecule has 0 bridgehead atoms. The third kappa shape index (κ3) is 22.7. The second-order valence-electron chi connectivity index (χ2n) is 13.6. The van der Waals surface area contributed by atoms with Crippen molar-refractivity contribution in [1.29, 1.82) is 0 Å². The Labute approximate surface area is 418 Å². The Bertz CT molecular complexity index is 1940. The molecule has 0 amide bonds. The number of hydrogen-bond donors (Lipinski definition) is 12. The maximum atomic E-state index is 14.2. The molecule has 4 aromatic carbocycles. The molecule has 0 heterocycles. The van der Waals surface area contributed by atoms with Gasteiger partial charge in [-0.3, -0.25) is 0 Å². The molecular weight excluding hydrogens is 1110 g/mol. The van der Waals surface area contributed by atoms with E-state index in [1.54, 1.807) is 0 Å². The van der Waals surface area contributed by atoms with Gasteiger partial charge in [0.2, 0.25) is 0 Å². The fourth-order valence-corrected chi connectivity index (χ4v) is 6.07. The molecule has 4 aromatic rings. The van der Waals surface area contributed by atoms with Crippen molar-refractivity contribution in [2.45, 2.75) is 49.4 Å². The molecule has 12 N–H and O–H groups in total. The number of hydrogen-bond acceptors (Lipinski definition) is 12. The average Bonchev–Trinajstić information content (AvgIpc) is 3.14. The first-order valence-corrected chi connectivity index (χ1v) is 17.7. The Kier molecular flexibility index (Phi) is 25.7. The number of halogens is 24. The van der Waals surface area contributed by atoms with Crippen LogP contribution in [0.4, 0.5) is 105 Å². The molecule has 408 valence electrons. The van der Waals surface area contributed by atoms with Gasteiger partial charge in [-0.25, -0.2) is 0 Å². The predicted octanol–water partition coefficient (Wildman–Crippen LogP) is 0.0112. The van der Waals surface area contributed by atoms with Crippen molar-refractivity contribution < 1.29 is 195 Å². The van der Waals surface area contributed by atoms with Crippen molar-refractivity contribution in [3.63, 3.8) is 0 Å². The summed E-state index contributed by atoms with van der Waals surface area (Å²) in [6, 6.07) is -8.81. The van der Waals surface area contributed by atoms with E-state index < -0.39 is 224 Å². The molecule has 12 nitrogen and oxygen atoms in total. The zero-order valence-corrected chi connectivity index (χ0v) is 37.3. The molecule has 0 saturated heterocycles. The van der Waals surface area contributed by atoms with Gasteiger partial charge in [0.05, 0.1) is 44.5 Å². The van der Waals surface area contributed by atoms with Crippen molar-refractivity contribution >= 4 is 57.3 Å². The van der Waals surface area contributed by atoms with Crippen molar-refractivity contribution in [2.75, 3.05) is 0 Å². The van der Waals surface area contributed by atoms with Gasteiger partial charge in [0.1, 0.15) is 6.15 Å². The van der Waals surface area contributed by atoms with E-state index in [0.29, 0.717) is 0 Å². The van der Waals surface area contributed by atoms with E-state index >= 15 is 0 Å². The van der Waals surface area contributed by atoms with Crippen LogP contribution in [0, 0.1) is 0 Å². The van der Waals surface area contributed by atoms with E-state index in [1.807, 2.05) is 0 Å². The van der Waals surface area contributed by atoms with Gasteiger partial charge >= 0.3 is 108 Å². The first-order chi connectivity index (χ1) is 32.2. The summed E-state index contributed by atoms with van der Waals surface area (Å²) in [7, 11) is -8.67. The van der Waals surface area contributed by atoms with Gasteiger partial charge in [-0.15, -0.1) is 0 Å². The van der Waals surface area contributed by atoms with Crippen LogP contribution in [-0.2, 0) is 49.4 Å². The molecule has 0 radical (unpaired) electrons. The minimum atomic E-state index is -6.13. The summed E-state index contributed by atoms with van der Waals surface area (Å²) >= 11 is 0. The van der Waals surface area contributed by atoms with Gasteiger partial charge in [0.15, 0.2) is 0 Å². The third-order valence-corrected chi connectivity index (χ3v) is 8.44. The molecule has 0 fully saturated rings. The van der Waals surface area contributed by atoms with E-state index in [-0.39, 0.29) is 29.6 Å². The Hall–Kier alpha value is -3.96. The Balaban J connectivity index is 0. The van der Waals surface area contributed by atoms with Gasteiger partial charge in [0, 0.05) is 0 Å². The van der Waals surface area contributed by atoms with Gasteiger partial charge in [-0.2, -0.15) is 127 Å². The van der Waals surface area contributed by atoms with E-state index in [4.69, 9.17) is 60.3 Å². The minimum Gasteiger partial charge on any atom is -0.402 e. The fraction of sp³-hybridized carbons (Fsp3) is 0.250. The summed E-state index contributed by atoms with van der Waals surface area (Å²) in [6.07, 6.45) is -54.8. The average molecular weight is 1130 g/mol. The summed E-state index contributed by atoms with van der Waals surface area (Å²) in [4.78, 5) is 0. The largest absolute Gasteiger partial charge is 1.00 e. The summed E-state index contributed by atoms with van der Waals surface area (Å²) in [5.74, 6) is 0. The monoisotopic (exact) mass is 1130 g/mol.